The van der Waals surface area contributed by atoms with Crippen molar-refractivity contribution >= 4 is 11.9 Å². The Hall–Kier alpha value is -2.70. The Bertz CT molecular complexity index is 742. The van der Waals surface area contributed by atoms with E-state index in [1.54, 1.807) is 31.3 Å². The molecule has 0 saturated carbocycles. The summed E-state index contributed by atoms with van der Waals surface area (Å²) in [6, 6.07) is 4.58. The minimum atomic E-state index is -0.506. The number of hydrogen-bond acceptors (Lipinski definition) is 4. The third-order valence-electron chi connectivity index (χ3n) is 4.35. The average Bonchev–Trinajstić information content (AvgIpc) is 2.88. The molecule has 1 aromatic rings. The van der Waals surface area contributed by atoms with Crippen LogP contribution in [0.3, 0.4) is 0 Å². The van der Waals surface area contributed by atoms with E-state index in [0.29, 0.717) is 41.8 Å². The van der Waals surface area contributed by atoms with Crippen LogP contribution in [0, 0.1) is 5.92 Å². The molecule has 0 bridgehead atoms. The molecule has 1 aromatic carbocycles. The SMILES string of the molecule is COc1ccc([C@H]2NC(=O)NC3=C2C(=O)N(CC(C)C)C3)cc1OC. The smallest absolute Gasteiger partial charge is 0.319 e. The number of ether oxygens (including phenoxy) is 2. The molecule has 0 aromatic heterocycles. The molecule has 2 heterocycles. The summed E-state index contributed by atoms with van der Waals surface area (Å²) in [5, 5.41) is 5.62. The zero-order valence-corrected chi connectivity index (χ0v) is 14.9. The van der Waals surface area contributed by atoms with E-state index < -0.39 is 6.04 Å². The molecule has 2 aliphatic rings. The highest BCUT2D eigenvalue weighted by Crippen LogP contribution is 2.36. The van der Waals surface area contributed by atoms with Crippen molar-refractivity contribution in [3.63, 3.8) is 0 Å². The first-order chi connectivity index (χ1) is 11.9. The van der Waals surface area contributed by atoms with Gasteiger partial charge in [0.2, 0.25) is 0 Å². The van der Waals surface area contributed by atoms with E-state index in [2.05, 4.69) is 24.5 Å². The summed E-state index contributed by atoms with van der Waals surface area (Å²) in [6.07, 6.45) is 0. The van der Waals surface area contributed by atoms with Crippen LogP contribution in [-0.2, 0) is 4.79 Å². The molecule has 0 fully saturated rings. The maximum atomic E-state index is 12.9. The maximum Gasteiger partial charge on any atom is 0.319 e. The minimum Gasteiger partial charge on any atom is -0.493 e. The fourth-order valence-electron chi connectivity index (χ4n) is 3.30. The molecule has 3 rings (SSSR count). The van der Waals surface area contributed by atoms with Gasteiger partial charge in [0.05, 0.1) is 38.1 Å². The largest absolute Gasteiger partial charge is 0.493 e. The van der Waals surface area contributed by atoms with Gasteiger partial charge in [0.25, 0.3) is 5.91 Å². The molecule has 1 atom stereocenters. The van der Waals surface area contributed by atoms with Gasteiger partial charge in [0.1, 0.15) is 0 Å². The van der Waals surface area contributed by atoms with Crippen LogP contribution in [0.4, 0.5) is 4.79 Å². The number of hydrogen-bond donors (Lipinski definition) is 2. The number of carbonyl (C=O) groups is 2. The molecule has 7 nitrogen and oxygen atoms in total. The molecule has 3 amide bonds. The lowest BCUT2D eigenvalue weighted by Crippen LogP contribution is -2.44. The number of carbonyl (C=O) groups excluding carboxylic acids is 2. The van der Waals surface area contributed by atoms with Crippen LogP contribution in [-0.4, -0.2) is 44.1 Å². The zero-order chi connectivity index (χ0) is 18.1. The molecular weight excluding hydrogens is 322 g/mol. The zero-order valence-electron chi connectivity index (χ0n) is 14.9. The summed E-state index contributed by atoms with van der Waals surface area (Å²) in [6.45, 7) is 5.21. The average molecular weight is 345 g/mol. The van der Waals surface area contributed by atoms with Crippen molar-refractivity contribution in [1.82, 2.24) is 15.5 Å². The number of methoxy groups -OCH3 is 2. The molecule has 134 valence electrons. The lowest BCUT2D eigenvalue weighted by Gasteiger charge is -2.26. The Morgan fingerprint density at radius 2 is 1.92 bits per heavy atom. The molecule has 2 N–H and O–H groups in total. The molecule has 0 aliphatic carbocycles. The van der Waals surface area contributed by atoms with Crippen LogP contribution in [0.15, 0.2) is 29.5 Å². The summed E-state index contributed by atoms with van der Waals surface area (Å²) >= 11 is 0. The number of urea groups is 1. The summed E-state index contributed by atoms with van der Waals surface area (Å²) in [7, 11) is 3.12. The van der Waals surface area contributed by atoms with Crippen LogP contribution in [0.2, 0.25) is 0 Å². The monoisotopic (exact) mass is 345 g/mol. The summed E-state index contributed by atoms with van der Waals surface area (Å²) < 4.78 is 10.6. The lowest BCUT2D eigenvalue weighted by molar-refractivity contribution is -0.126. The van der Waals surface area contributed by atoms with E-state index in [-0.39, 0.29) is 11.9 Å². The third kappa shape index (κ3) is 3.14. The van der Waals surface area contributed by atoms with Crippen molar-refractivity contribution in [3.05, 3.63) is 35.0 Å². The van der Waals surface area contributed by atoms with Gasteiger partial charge in [0.15, 0.2) is 11.5 Å². The van der Waals surface area contributed by atoms with Crippen LogP contribution in [0.5, 0.6) is 11.5 Å². The normalized spacial score (nSPS) is 19.7. The Morgan fingerprint density at radius 3 is 2.56 bits per heavy atom. The number of nitrogens with one attached hydrogen (secondary N) is 2. The van der Waals surface area contributed by atoms with Gasteiger partial charge in [-0.05, 0) is 23.6 Å². The van der Waals surface area contributed by atoms with E-state index in [1.165, 1.54) is 0 Å². The predicted molar refractivity (Wildman–Crippen MR) is 92.4 cm³/mol. The fourth-order valence-corrected chi connectivity index (χ4v) is 3.30. The van der Waals surface area contributed by atoms with Gasteiger partial charge in [0, 0.05) is 6.54 Å². The van der Waals surface area contributed by atoms with E-state index in [1.807, 2.05) is 6.07 Å². The Kier molecular flexibility index (Phi) is 4.57. The molecule has 0 unspecified atom stereocenters. The topological polar surface area (TPSA) is 79.9 Å². The van der Waals surface area contributed by atoms with Gasteiger partial charge in [-0.15, -0.1) is 0 Å². The second-order valence-corrected chi connectivity index (χ2v) is 6.62. The molecule has 25 heavy (non-hydrogen) atoms. The summed E-state index contributed by atoms with van der Waals surface area (Å²) in [4.78, 5) is 26.7. The first kappa shape index (κ1) is 17.1. The van der Waals surface area contributed by atoms with Gasteiger partial charge >= 0.3 is 6.03 Å². The Labute approximate surface area is 147 Å². The molecule has 0 saturated heterocycles. The number of benzene rings is 1. The van der Waals surface area contributed by atoms with Crippen molar-refractivity contribution < 1.29 is 19.1 Å². The first-order valence-corrected chi connectivity index (χ1v) is 8.26. The van der Waals surface area contributed by atoms with Crippen molar-refractivity contribution in [1.29, 1.82) is 0 Å². The molecule has 2 aliphatic heterocycles. The van der Waals surface area contributed by atoms with E-state index >= 15 is 0 Å². The highest BCUT2D eigenvalue weighted by molar-refractivity contribution is 6.01. The molecule has 7 heteroatoms. The predicted octanol–water partition coefficient (Wildman–Crippen LogP) is 1.81. The van der Waals surface area contributed by atoms with E-state index in [9.17, 15) is 9.59 Å². The first-order valence-electron chi connectivity index (χ1n) is 8.26. The minimum absolute atomic E-state index is 0.0454. The van der Waals surface area contributed by atoms with Crippen LogP contribution >= 0.6 is 0 Å². The summed E-state index contributed by atoms with van der Waals surface area (Å²) in [5.41, 5.74) is 2.04. The fraction of sp³-hybridized carbons (Fsp3) is 0.444. The Balaban J connectivity index is 1.97. The number of nitrogens with zero attached hydrogens (tertiary/aromatic N) is 1. The van der Waals surface area contributed by atoms with Crippen LogP contribution < -0.4 is 20.1 Å². The third-order valence-corrected chi connectivity index (χ3v) is 4.35. The van der Waals surface area contributed by atoms with E-state index in [0.717, 1.165) is 5.56 Å². The van der Waals surface area contributed by atoms with Gasteiger partial charge in [-0.2, -0.15) is 0 Å². The molecular formula is C18H23N3O4. The second kappa shape index (κ2) is 6.66. The van der Waals surface area contributed by atoms with Gasteiger partial charge in [-0.1, -0.05) is 19.9 Å². The molecule has 0 spiro atoms. The van der Waals surface area contributed by atoms with Crippen molar-refractivity contribution in [2.24, 2.45) is 5.92 Å². The molecule has 0 radical (unpaired) electrons. The van der Waals surface area contributed by atoms with Gasteiger partial charge < -0.3 is 25.0 Å². The van der Waals surface area contributed by atoms with E-state index in [4.69, 9.17) is 9.47 Å². The number of rotatable bonds is 5. The van der Waals surface area contributed by atoms with Crippen molar-refractivity contribution in [3.8, 4) is 11.5 Å². The standard InChI is InChI=1S/C18H23N3O4/c1-10(2)8-21-9-12-15(17(21)22)16(20-18(23)19-12)11-5-6-13(24-3)14(7-11)25-4/h5-7,10,16H,8-9H2,1-4H3,(H2,19,20,23)/t16-/m1/s1. The lowest BCUT2D eigenvalue weighted by atomic mass is 9.96. The van der Waals surface area contributed by atoms with Crippen molar-refractivity contribution in [2.45, 2.75) is 19.9 Å². The van der Waals surface area contributed by atoms with Gasteiger partial charge in [-0.25, -0.2) is 4.79 Å². The summed E-state index contributed by atoms with van der Waals surface area (Å²) in [5.74, 6) is 1.46. The highest BCUT2D eigenvalue weighted by Gasteiger charge is 2.40. The quantitative estimate of drug-likeness (QED) is 0.853. The van der Waals surface area contributed by atoms with Crippen molar-refractivity contribution in [2.75, 3.05) is 27.3 Å². The Morgan fingerprint density at radius 1 is 1.20 bits per heavy atom. The second-order valence-electron chi connectivity index (χ2n) is 6.62. The maximum absolute atomic E-state index is 12.9. The number of amides is 3. The van der Waals surface area contributed by atoms with Gasteiger partial charge in [-0.3, -0.25) is 4.79 Å². The highest BCUT2D eigenvalue weighted by atomic mass is 16.5. The van der Waals surface area contributed by atoms with Crippen LogP contribution in [0.1, 0.15) is 25.5 Å². The van der Waals surface area contributed by atoms with Crippen LogP contribution in [0.25, 0.3) is 0 Å².